The molecular weight excluding hydrogens is 298 g/mol. The summed E-state index contributed by atoms with van der Waals surface area (Å²) in [6, 6.07) is 15.5. The number of halogens is 1. The minimum absolute atomic E-state index is 0.631. The normalized spacial score (nSPS) is 11.0. The van der Waals surface area contributed by atoms with Crippen LogP contribution >= 0.6 is 11.6 Å². The lowest BCUT2D eigenvalue weighted by molar-refractivity contribution is 0.829. The monoisotopic (exact) mass is 309 g/mol. The van der Waals surface area contributed by atoms with Gasteiger partial charge in [-0.05, 0) is 30.3 Å². The SMILES string of the molecule is Clc1cc2[nH]c(-n3cccn3)nc2cc1Nc1ccccc1. The van der Waals surface area contributed by atoms with Gasteiger partial charge in [-0.25, -0.2) is 9.67 Å². The Morgan fingerprint density at radius 1 is 1.09 bits per heavy atom. The molecule has 5 nitrogen and oxygen atoms in total. The van der Waals surface area contributed by atoms with Crippen molar-refractivity contribution in [2.75, 3.05) is 5.32 Å². The molecule has 0 aliphatic heterocycles. The van der Waals surface area contributed by atoms with Crippen molar-refractivity contribution in [1.82, 2.24) is 19.7 Å². The fraction of sp³-hybridized carbons (Fsp3) is 0. The van der Waals surface area contributed by atoms with Gasteiger partial charge < -0.3 is 10.3 Å². The molecule has 2 N–H and O–H groups in total. The van der Waals surface area contributed by atoms with Crippen LogP contribution < -0.4 is 5.32 Å². The molecule has 0 aliphatic carbocycles. The second-order valence-corrected chi connectivity index (χ2v) is 5.26. The molecule has 2 aromatic heterocycles. The van der Waals surface area contributed by atoms with Gasteiger partial charge in [0.15, 0.2) is 0 Å². The number of aromatic nitrogens is 4. The van der Waals surface area contributed by atoms with E-state index in [0.29, 0.717) is 11.0 Å². The Labute approximate surface area is 131 Å². The zero-order valence-electron chi connectivity index (χ0n) is 11.5. The zero-order chi connectivity index (χ0) is 14.9. The highest BCUT2D eigenvalue weighted by Gasteiger charge is 2.09. The van der Waals surface area contributed by atoms with Crippen LogP contribution in [0.4, 0.5) is 11.4 Å². The minimum atomic E-state index is 0.631. The summed E-state index contributed by atoms with van der Waals surface area (Å²) in [6.07, 6.45) is 3.55. The van der Waals surface area contributed by atoms with E-state index in [1.54, 1.807) is 10.9 Å². The first-order chi connectivity index (χ1) is 10.8. The third kappa shape index (κ3) is 2.31. The average molecular weight is 310 g/mol. The molecule has 0 bridgehead atoms. The van der Waals surface area contributed by atoms with Crippen LogP contribution in [0.5, 0.6) is 0 Å². The summed E-state index contributed by atoms with van der Waals surface area (Å²) in [5.41, 5.74) is 3.49. The topological polar surface area (TPSA) is 58.5 Å². The van der Waals surface area contributed by atoms with Crippen molar-refractivity contribution in [3.8, 4) is 5.95 Å². The average Bonchev–Trinajstić information content (AvgIpc) is 3.17. The number of benzene rings is 2. The van der Waals surface area contributed by atoms with Crippen LogP contribution in [0.1, 0.15) is 0 Å². The second kappa shape index (κ2) is 5.20. The Bertz CT molecular complexity index is 913. The number of anilines is 2. The largest absolute Gasteiger partial charge is 0.354 e. The highest BCUT2D eigenvalue weighted by molar-refractivity contribution is 6.34. The van der Waals surface area contributed by atoms with Gasteiger partial charge in [0, 0.05) is 18.1 Å². The highest BCUT2D eigenvalue weighted by Crippen LogP contribution is 2.29. The maximum Gasteiger partial charge on any atom is 0.229 e. The smallest absolute Gasteiger partial charge is 0.229 e. The predicted molar refractivity (Wildman–Crippen MR) is 88.0 cm³/mol. The third-order valence-corrected chi connectivity index (χ3v) is 3.65. The van der Waals surface area contributed by atoms with Crippen molar-refractivity contribution in [2.24, 2.45) is 0 Å². The molecule has 0 saturated carbocycles. The van der Waals surface area contributed by atoms with Crippen molar-refractivity contribution in [1.29, 1.82) is 0 Å². The van der Waals surface area contributed by atoms with Crippen LogP contribution in [0.25, 0.3) is 17.0 Å². The van der Waals surface area contributed by atoms with Crippen LogP contribution in [0.3, 0.4) is 0 Å². The van der Waals surface area contributed by atoms with Gasteiger partial charge in [0.05, 0.1) is 21.7 Å². The Morgan fingerprint density at radius 3 is 2.73 bits per heavy atom. The van der Waals surface area contributed by atoms with Crippen LogP contribution in [0.15, 0.2) is 60.9 Å². The van der Waals surface area contributed by atoms with Crippen molar-refractivity contribution in [2.45, 2.75) is 0 Å². The third-order valence-electron chi connectivity index (χ3n) is 3.33. The molecule has 0 radical (unpaired) electrons. The fourth-order valence-corrected chi connectivity index (χ4v) is 2.50. The van der Waals surface area contributed by atoms with Gasteiger partial charge in [-0.2, -0.15) is 5.10 Å². The number of imidazole rings is 1. The number of hydrogen-bond donors (Lipinski definition) is 2. The molecule has 2 heterocycles. The van der Waals surface area contributed by atoms with Gasteiger partial charge in [-0.15, -0.1) is 0 Å². The van der Waals surface area contributed by atoms with Gasteiger partial charge >= 0.3 is 0 Å². The zero-order valence-corrected chi connectivity index (χ0v) is 12.2. The maximum atomic E-state index is 6.35. The highest BCUT2D eigenvalue weighted by atomic mass is 35.5. The van der Waals surface area contributed by atoms with Crippen LogP contribution in [-0.4, -0.2) is 19.7 Å². The van der Waals surface area contributed by atoms with Crippen LogP contribution in [0.2, 0.25) is 5.02 Å². The minimum Gasteiger partial charge on any atom is -0.354 e. The van der Waals surface area contributed by atoms with E-state index in [0.717, 1.165) is 22.4 Å². The molecule has 2 aromatic carbocycles. The first kappa shape index (κ1) is 12.9. The van der Waals surface area contributed by atoms with Crippen molar-refractivity contribution >= 4 is 34.0 Å². The molecule has 0 fully saturated rings. The van der Waals surface area contributed by atoms with Crippen molar-refractivity contribution in [3.05, 3.63) is 65.9 Å². The van der Waals surface area contributed by atoms with Crippen molar-refractivity contribution in [3.63, 3.8) is 0 Å². The van der Waals surface area contributed by atoms with Gasteiger partial charge in [-0.3, -0.25) is 0 Å². The molecule has 0 spiro atoms. The lowest BCUT2D eigenvalue weighted by Gasteiger charge is -2.08. The molecule has 4 aromatic rings. The first-order valence-electron chi connectivity index (χ1n) is 6.81. The van der Waals surface area contributed by atoms with E-state index in [2.05, 4.69) is 20.4 Å². The summed E-state index contributed by atoms with van der Waals surface area (Å²) >= 11 is 6.35. The number of nitrogens with one attached hydrogen (secondary N) is 2. The Kier molecular flexibility index (Phi) is 3.05. The quantitative estimate of drug-likeness (QED) is 0.598. The molecule has 4 rings (SSSR count). The molecule has 22 heavy (non-hydrogen) atoms. The summed E-state index contributed by atoms with van der Waals surface area (Å²) in [5.74, 6) is 0.660. The number of H-pyrrole nitrogens is 1. The fourth-order valence-electron chi connectivity index (χ4n) is 2.29. The molecule has 0 aliphatic rings. The Balaban J connectivity index is 1.76. The number of nitrogens with zero attached hydrogens (tertiary/aromatic N) is 3. The summed E-state index contributed by atoms with van der Waals surface area (Å²) in [5, 5.41) is 8.10. The van der Waals surface area contributed by atoms with Crippen molar-refractivity contribution < 1.29 is 0 Å². The Hall–Kier alpha value is -2.79. The lowest BCUT2D eigenvalue weighted by atomic mass is 10.2. The summed E-state index contributed by atoms with van der Waals surface area (Å²) in [6.45, 7) is 0. The van der Waals surface area contributed by atoms with E-state index in [1.165, 1.54) is 0 Å². The van der Waals surface area contributed by atoms with E-state index >= 15 is 0 Å². The number of fused-ring (bicyclic) bond motifs is 1. The number of rotatable bonds is 3. The van der Waals surface area contributed by atoms with Gasteiger partial charge in [0.25, 0.3) is 0 Å². The molecule has 0 amide bonds. The van der Waals surface area contributed by atoms with Gasteiger partial charge in [-0.1, -0.05) is 29.8 Å². The van der Waals surface area contributed by atoms with Gasteiger partial charge in [0.2, 0.25) is 5.95 Å². The van der Waals surface area contributed by atoms with E-state index in [4.69, 9.17) is 11.6 Å². The van der Waals surface area contributed by atoms with E-state index in [-0.39, 0.29) is 0 Å². The number of hydrogen-bond acceptors (Lipinski definition) is 3. The van der Waals surface area contributed by atoms with E-state index in [1.807, 2.05) is 54.7 Å². The molecule has 6 heteroatoms. The molecular formula is C16H12ClN5. The second-order valence-electron chi connectivity index (χ2n) is 4.85. The summed E-state index contributed by atoms with van der Waals surface area (Å²) in [4.78, 5) is 7.75. The molecule has 0 atom stereocenters. The van der Waals surface area contributed by atoms with Crippen LogP contribution in [0, 0.1) is 0 Å². The molecule has 0 unspecified atom stereocenters. The first-order valence-corrected chi connectivity index (χ1v) is 7.19. The van der Waals surface area contributed by atoms with E-state index in [9.17, 15) is 0 Å². The number of aromatic amines is 1. The van der Waals surface area contributed by atoms with Gasteiger partial charge in [0.1, 0.15) is 0 Å². The predicted octanol–water partition coefficient (Wildman–Crippen LogP) is 4.15. The number of para-hydroxylation sites is 1. The van der Waals surface area contributed by atoms with E-state index < -0.39 is 0 Å². The van der Waals surface area contributed by atoms with Crippen LogP contribution in [-0.2, 0) is 0 Å². The molecule has 0 saturated heterocycles. The maximum absolute atomic E-state index is 6.35. The lowest BCUT2D eigenvalue weighted by Crippen LogP contribution is -1.95. The standard InChI is InChI=1S/C16H12ClN5/c17-12-9-14-15(21-16(20-14)22-8-4-7-18-22)10-13(12)19-11-5-2-1-3-6-11/h1-10,19H,(H,20,21). The summed E-state index contributed by atoms with van der Waals surface area (Å²) in [7, 11) is 0. The Morgan fingerprint density at radius 2 is 1.95 bits per heavy atom. The molecule has 108 valence electrons. The summed E-state index contributed by atoms with van der Waals surface area (Å²) < 4.78 is 1.68.